The molecular weight excluding hydrogens is 454 g/mol. The summed E-state index contributed by atoms with van der Waals surface area (Å²) in [6.07, 6.45) is 5.85. The first-order valence-corrected chi connectivity index (χ1v) is 12.4. The lowest BCUT2D eigenvalue weighted by Gasteiger charge is -2.48. The van der Waals surface area contributed by atoms with Crippen molar-refractivity contribution in [3.63, 3.8) is 0 Å². The number of methoxy groups -OCH3 is 1. The summed E-state index contributed by atoms with van der Waals surface area (Å²) in [6, 6.07) is 7.89. The van der Waals surface area contributed by atoms with Crippen LogP contribution in [0, 0.1) is 5.92 Å². The molecule has 0 spiro atoms. The van der Waals surface area contributed by atoms with E-state index in [0.717, 1.165) is 17.7 Å². The van der Waals surface area contributed by atoms with E-state index in [4.69, 9.17) is 25.8 Å². The highest BCUT2D eigenvalue weighted by molar-refractivity contribution is 6.18. The molecule has 2 aliphatic rings. The van der Waals surface area contributed by atoms with Crippen LogP contribution in [-0.2, 0) is 19.0 Å². The number of hydrogen-bond acceptors (Lipinski definition) is 6. The third-order valence-electron chi connectivity index (χ3n) is 7.06. The highest BCUT2D eigenvalue weighted by atomic mass is 35.5. The van der Waals surface area contributed by atoms with Crippen LogP contribution in [0.3, 0.4) is 0 Å². The molecule has 6 unspecified atom stereocenters. The van der Waals surface area contributed by atoms with Crippen molar-refractivity contribution in [1.82, 2.24) is 0 Å². The number of anilines is 1. The number of ether oxygens (including phenoxy) is 3. The minimum absolute atomic E-state index is 0.0423. The van der Waals surface area contributed by atoms with Crippen LogP contribution >= 0.6 is 11.6 Å². The largest absolute Gasteiger partial charge is 0.456 e. The number of alkyl halides is 1. The van der Waals surface area contributed by atoms with E-state index in [-0.39, 0.29) is 12.0 Å². The van der Waals surface area contributed by atoms with Crippen molar-refractivity contribution in [3.8, 4) is 0 Å². The number of benzene rings is 1. The van der Waals surface area contributed by atoms with Gasteiger partial charge in [-0.15, -0.1) is 11.6 Å². The lowest BCUT2D eigenvalue weighted by molar-refractivity contribution is -0.189. The number of esters is 1. The van der Waals surface area contributed by atoms with E-state index in [1.165, 1.54) is 11.6 Å². The summed E-state index contributed by atoms with van der Waals surface area (Å²) in [5.74, 6) is -0.802. The van der Waals surface area contributed by atoms with Gasteiger partial charge in [0.15, 0.2) is 0 Å². The van der Waals surface area contributed by atoms with Crippen molar-refractivity contribution >= 4 is 29.3 Å². The van der Waals surface area contributed by atoms with Gasteiger partial charge in [0.05, 0.1) is 23.5 Å². The quantitative estimate of drug-likeness (QED) is 0.179. The van der Waals surface area contributed by atoms with E-state index < -0.39 is 35.3 Å². The second kappa shape index (κ2) is 10.8. The van der Waals surface area contributed by atoms with E-state index in [0.29, 0.717) is 12.8 Å². The van der Waals surface area contributed by atoms with E-state index in [9.17, 15) is 9.90 Å². The SMILES string of the molecule is COC1C(OC(=O)C=Cc2ccc(N(C)C)cc2)CCC(O)(CCl)C1C1(C)OC1CC=C(C)C. The zero-order valence-electron chi connectivity index (χ0n) is 21.1. The van der Waals surface area contributed by atoms with E-state index in [1.54, 1.807) is 13.2 Å². The third kappa shape index (κ3) is 5.85. The molecule has 1 N–H and O–H groups in total. The molecule has 3 rings (SSSR count). The number of allylic oxidation sites excluding steroid dienone is 1. The highest BCUT2D eigenvalue weighted by Gasteiger charge is 2.67. The zero-order valence-corrected chi connectivity index (χ0v) is 21.8. The zero-order chi connectivity index (χ0) is 25.1. The third-order valence-corrected chi connectivity index (χ3v) is 7.53. The van der Waals surface area contributed by atoms with Crippen LogP contribution in [0.4, 0.5) is 5.69 Å². The number of carbonyl (C=O) groups excluding carboxylic acids is 1. The van der Waals surface area contributed by atoms with Gasteiger partial charge in [0.25, 0.3) is 0 Å². The van der Waals surface area contributed by atoms with E-state index in [1.807, 2.05) is 64.0 Å². The Morgan fingerprint density at radius 3 is 2.53 bits per heavy atom. The molecule has 6 nitrogen and oxygen atoms in total. The van der Waals surface area contributed by atoms with Crippen LogP contribution in [0.2, 0.25) is 0 Å². The second-order valence-electron chi connectivity index (χ2n) is 10.1. The molecule has 1 aromatic carbocycles. The van der Waals surface area contributed by atoms with Crippen LogP contribution in [0.25, 0.3) is 6.08 Å². The van der Waals surface area contributed by atoms with Crippen LogP contribution in [0.5, 0.6) is 0 Å². The first-order valence-electron chi connectivity index (χ1n) is 11.8. The summed E-state index contributed by atoms with van der Waals surface area (Å²) in [5.41, 5.74) is 1.44. The molecule has 1 saturated carbocycles. The fourth-order valence-corrected chi connectivity index (χ4v) is 5.36. The molecule has 6 atom stereocenters. The van der Waals surface area contributed by atoms with Gasteiger partial charge in [-0.1, -0.05) is 23.8 Å². The number of carbonyl (C=O) groups is 1. The molecule has 0 radical (unpaired) electrons. The van der Waals surface area contributed by atoms with Gasteiger partial charge in [-0.05, 0) is 63.8 Å². The van der Waals surface area contributed by atoms with Gasteiger partial charge in [0.2, 0.25) is 0 Å². The van der Waals surface area contributed by atoms with Crippen LogP contribution < -0.4 is 4.90 Å². The standard InChI is InChI=1S/C27H38ClNO5/c1-18(2)7-13-22-26(3,34-22)25-24(32-6)21(15-16-27(25,31)17-28)33-23(30)14-10-19-8-11-20(12-9-19)29(4)5/h7-12,14,21-22,24-25,31H,13,15-17H2,1-6H3. The van der Waals surface area contributed by atoms with Gasteiger partial charge in [0, 0.05) is 33.0 Å². The van der Waals surface area contributed by atoms with Crippen LogP contribution in [0.1, 0.15) is 45.6 Å². The number of epoxide rings is 1. The molecule has 0 bridgehead atoms. The van der Waals surface area contributed by atoms with Crippen LogP contribution in [-0.4, -0.2) is 67.7 Å². The Kier molecular flexibility index (Phi) is 8.51. The maximum absolute atomic E-state index is 12.7. The van der Waals surface area contributed by atoms with E-state index >= 15 is 0 Å². The van der Waals surface area contributed by atoms with Crippen molar-refractivity contribution in [2.45, 2.75) is 69.5 Å². The lowest BCUT2D eigenvalue weighted by Crippen LogP contribution is -2.61. The van der Waals surface area contributed by atoms with E-state index in [2.05, 4.69) is 6.08 Å². The van der Waals surface area contributed by atoms with Gasteiger partial charge < -0.3 is 24.2 Å². The number of hydrogen-bond donors (Lipinski definition) is 1. The highest BCUT2D eigenvalue weighted by Crippen LogP contribution is 2.54. The smallest absolute Gasteiger partial charge is 0.331 e. The maximum Gasteiger partial charge on any atom is 0.331 e. The van der Waals surface area contributed by atoms with Gasteiger partial charge in [-0.25, -0.2) is 4.79 Å². The molecule has 1 heterocycles. The molecule has 7 heteroatoms. The Morgan fingerprint density at radius 1 is 1.29 bits per heavy atom. The van der Waals surface area contributed by atoms with Crippen molar-refractivity contribution in [2.24, 2.45) is 5.92 Å². The van der Waals surface area contributed by atoms with Crippen molar-refractivity contribution in [2.75, 3.05) is 32.0 Å². The summed E-state index contributed by atoms with van der Waals surface area (Å²) in [5, 5.41) is 11.4. The summed E-state index contributed by atoms with van der Waals surface area (Å²) in [7, 11) is 5.54. The van der Waals surface area contributed by atoms with Crippen LogP contribution in [0.15, 0.2) is 42.0 Å². The first kappa shape index (κ1) is 26.7. The maximum atomic E-state index is 12.7. The predicted octanol–water partition coefficient (Wildman–Crippen LogP) is 4.59. The topological polar surface area (TPSA) is 71.5 Å². The average molecular weight is 492 g/mol. The second-order valence-corrected chi connectivity index (χ2v) is 10.3. The van der Waals surface area contributed by atoms with Crippen molar-refractivity contribution in [3.05, 3.63) is 47.6 Å². The Hall–Kier alpha value is -1.86. The lowest BCUT2D eigenvalue weighted by atomic mass is 9.66. The van der Waals surface area contributed by atoms with Crippen molar-refractivity contribution in [1.29, 1.82) is 0 Å². The molecule has 1 aliphatic carbocycles. The van der Waals surface area contributed by atoms with Gasteiger partial charge in [0.1, 0.15) is 17.8 Å². The Bertz CT molecular complexity index is 910. The first-order chi connectivity index (χ1) is 16.0. The minimum atomic E-state index is -1.16. The molecule has 2 fully saturated rings. The molecule has 0 amide bonds. The Morgan fingerprint density at radius 2 is 1.97 bits per heavy atom. The normalized spacial score (nSPS) is 32.9. The summed E-state index contributed by atoms with van der Waals surface area (Å²) < 4.78 is 17.8. The molecule has 188 valence electrons. The Labute approximate surface area is 208 Å². The molecule has 1 saturated heterocycles. The van der Waals surface area contributed by atoms with Gasteiger partial charge in [-0.2, -0.15) is 0 Å². The minimum Gasteiger partial charge on any atom is -0.456 e. The number of rotatable bonds is 9. The molecule has 1 aliphatic heterocycles. The summed E-state index contributed by atoms with van der Waals surface area (Å²) in [6.45, 7) is 6.09. The van der Waals surface area contributed by atoms with Gasteiger partial charge in [-0.3, -0.25) is 0 Å². The summed E-state index contributed by atoms with van der Waals surface area (Å²) >= 11 is 6.25. The number of aliphatic hydroxyl groups is 1. The molecule has 1 aromatic rings. The monoisotopic (exact) mass is 491 g/mol. The number of halogens is 1. The predicted molar refractivity (Wildman–Crippen MR) is 136 cm³/mol. The van der Waals surface area contributed by atoms with Crippen molar-refractivity contribution < 1.29 is 24.1 Å². The summed E-state index contributed by atoms with van der Waals surface area (Å²) in [4.78, 5) is 14.7. The average Bonchev–Trinajstić information content (AvgIpc) is 3.47. The molecular formula is C27H38ClNO5. The molecule has 34 heavy (non-hydrogen) atoms. The fraction of sp³-hybridized carbons (Fsp3) is 0.593. The fourth-order valence-electron chi connectivity index (χ4n) is 5.06. The Balaban J connectivity index is 1.72. The number of nitrogens with zero attached hydrogens (tertiary/aromatic N) is 1. The van der Waals surface area contributed by atoms with Gasteiger partial charge >= 0.3 is 5.97 Å². The molecule has 0 aromatic heterocycles.